The Hall–Kier alpha value is -2.45. The number of nitrogens with zero attached hydrogens (tertiary/aromatic N) is 2. The highest BCUT2D eigenvalue weighted by Gasteiger charge is 2.29. The van der Waals surface area contributed by atoms with Gasteiger partial charge in [-0.15, -0.1) is 0 Å². The van der Waals surface area contributed by atoms with E-state index in [9.17, 15) is 18.5 Å². The Balaban J connectivity index is 2.34. The Morgan fingerprint density at radius 1 is 1.17 bits per heavy atom. The van der Waals surface area contributed by atoms with E-state index < -0.39 is 20.6 Å². The van der Waals surface area contributed by atoms with Gasteiger partial charge in [0.25, 0.3) is 5.69 Å². The molecule has 0 aliphatic heterocycles. The zero-order valence-electron chi connectivity index (χ0n) is 12.7. The van der Waals surface area contributed by atoms with E-state index in [4.69, 9.17) is 4.74 Å². The predicted octanol–water partition coefficient (Wildman–Crippen LogP) is 2.42. The van der Waals surface area contributed by atoms with Gasteiger partial charge in [0.2, 0.25) is 10.0 Å². The molecule has 122 valence electrons. The molecule has 0 bridgehead atoms. The van der Waals surface area contributed by atoms with Gasteiger partial charge in [0.05, 0.1) is 12.0 Å². The van der Waals surface area contributed by atoms with E-state index in [0.717, 1.165) is 4.31 Å². The summed E-state index contributed by atoms with van der Waals surface area (Å²) in [7, 11) is -1.08. The quantitative estimate of drug-likeness (QED) is 0.597. The van der Waals surface area contributed by atoms with Gasteiger partial charge in [-0.25, -0.2) is 8.42 Å². The fraction of sp³-hybridized carbons (Fsp3) is 0.200. The summed E-state index contributed by atoms with van der Waals surface area (Å²) in [6, 6.07) is 12.3. The number of hydrogen-bond acceptors (Lipinski definition) is 5. The van der Waals surface area contributed by atoms with Crippen LogP contribution in [-0.4, -0.2) is 31.8 Å². The first-order chi connectivity index (χ1) is 10.9. The van der Waals surface area contributed by atoms with E-state index in [1.165, 1.54) is 38.4 Å². The first-order valence-electron chi connectivity index (χ1n) is 6.69. The SMILES string of the molecule is COc1cccc(CN(C)S(=O)(=O)c2ccccc2[N+](=O)[O-])c1. The van der Waals surface area contributed by atoms with Gasteiger partial charge in [-0.2, -0.15) is 4.31 Å². The molecule has 0 heterocycles. The van der Waals surface area contributed by atoms with Gasteiger partial charge >= 0.3 is 0 Å². The molecule has 0 unspecified atom stereocenters. The van der Waals surface area contributed by atoms with E-state index in [1.54, 1.807) is 24.3 Å². The van der Waals surface area contributed by atoms with Crippen molar-refractivity contribution in [2.24, 2.45) is 0 Å². The molecule has 0 aliphatic rings. The van der Waals surface area contributed by atoms with Crippen molar-refractivity contribution < 1.29 is 18.1 Å². The van der Waals surface area contributed by atoms with Crippen LogP contribution in [0.15, 0.2) is 53.4 Å². The van der Waals surface area contributed by atoms with Crippen LogP contribution in [0.1, 0.15) is 5.56 Å². The van der Waals surface area contributed by atoms with Gasteiger partial charge in [0.1, 0.15) is 5.75 Å². The highest BCUT2D eigenvalue weighted by molar-refractivity contribution is 7.89. The molecular formula is C15H16N2O5S. The topological polar surface area (TPSA) is 89.8 Å². The third-order valence-electron chi connectivity index (χ3n) is 3.29. The first kappa shape index (κ1) is 16.9. The number of benzene rings is 2. The summed E-state index contributed by atoms with van der Waals surface area (Å²) in [4.78, 5) is 10.0. The van der Waals surface area contributed by atoms with Crippen molar-refractivity contribution in [3.63, 3.8) is 0 Å². The summed E-state index contributed by atoms with van der Waals surface area (Å²) in [6.45, 7) is 0.0750. The van der Waals surface area contributed by atoms with Gasteiger partial charge in [-0.1, -0.05) is 24.3 Å². The molecule has 0 radical (unpaired) electrons. The average Bonchev–Trinajstić information content (AvgIpc) is 2.54. The van der Waals surface area contributed by atoms with E-state index in [1.807, 2.05) is 0 Å². The van der Waals surface area contributed by atoms with Gasteiger partial charge in [-0.05, 0) is 23.8 Å². The lowest BCUT2D eigenvalue weighted by molar-refractivity contribution is -0.387. The normalized spacial score (nSPS) is 11.4. The van der Waals surface area contributed by atoms with E-state index >= 15 is 0 Å². The Labute approximate surface area is 134 Å². The van der Waals surface area contributed by atoms with Crippen LogP contribution in [0.2, 0.25) is 0 Å². The van der Waals surface area contributed by atoms with E-state index in [0.29, 0.717) is 11.3 Å². The number of para-hydroxylation sites is 1. The molecule has 0 N–H and O–H groups in total. The van der Waals surface area contributed by atoms with Crippen LogP contribution >= 0.6 is 0 Å². The van der Waals surface area contributed by atoms with Crippen molar-refractivity contribution in [3.8, 4) is 5.75 Å². The maximum atomic E-state index is 12.6. The molecule has 0 aliphatic carbocycles. The minimum absolute atomic E-state index is 0.0750. The molecular weight excluding hydrogens is 320 g/mol. The smallest absolute Gasteiger partial charge is 0.289 e. The lowest BCUT2D eigenvalue weighted by Gasteiger charge is -2.17. The van der Waals surface area contributed by atoms with Crippen LogP contribution < -0.4 is 4.74 Å². The Morgan fingerprint density at radius 2 is 1.87 bits per heavy atom. The lowest BCUT2D eigenvalue weighted by Crippen LogP contribution is -2.27. The van der Waals surface area contributed by atoms with Crippen LogP contribution in [0.4, 0.5) is 5.69 Å². The van der Waals surface area contributed by atoms with Crippen molar-refractivity contribution in [3.05, 3.63) is 64.2 Å². The Kier molecular flexibility index (Phi) is 4.97. The number of nitro groups is 1. The molecule has 0 fully saturated rings. The maximum Gasteiger partial charge on any atom is 0.289 e. The molecule has 7 nitrogen and oxygen atoms in total. The number of rotatable bonds is 6. The number of methoxy groups -OCH3 is 1. The minimum atomic E-state index is -3.98. The lowest BCUT2D eigenvalue weighted by atomic mass is 10.2. The molecule has 8 heteroatoms. The van der Waals surface area contributed by atoms with Gasteiger partial charge in [0, 0.05) is 19.7 Å². The standard InChI is InChI=1S/C15H16N2O5S/c1-16(11-12-6-5-7-13(10-12)22-2)23(20,21)15-9-4-3-8-14(15)17(18)19/h3-10H,11H2,1-2H3. The zero-order valence-corrected chi connectivity index (χ0v) is 13.5. The molecule has 23 heavy (non-hydrogen) atoms. The van der Waals surface area contributed by atoms with Crippen molar-refractivity contribution in [2.45, 2.75) is 11.4 Å². The molecule has 0 spiro atoms. The molecule has 0 saturated carbocycles. The predicted molar refractivity (Wildman–Crippen MR) is 84.7 cm³/mol. The highest BCUT2D eigenvalue weighted by Crippen LogP contribution is 2.26. The van der Waals surface area contributed by atoms with Crippen LogP contribution in [0, 0.1) is 10.1 Å². The summed E-state index contributed by atoms with van der Waals surface area (Å²) in [5.41, 5.74) is 0.277. The summed E-state index contributed by atoms with van der Waals surface area (Å²) < 4.78 is 31.4. The number of ether oxygens (including phenoxy) is 1. The van der Waals surface area contributed by atoms with Crippen LogP contribution in [0.5, 0.6) is 5.75 Å². The second-order valence-electron chi connectivity index (χ2n) is 4.84. The minimum Gasteiger partial charge on any atom is -0.497 e. The van der Waals surface area contributed by atoms with Gasteiger partial charge < -0.3 is 4.74 Å². The monoisotopic (exact) mass is 336 g/mol. The van der Waals surface area contributed by atoms with Gasteiger partial charge in [-0.3, -0.25) is 10.1 Å². The van der Waals surface area contributed by atoms with E-state index in [-0.39, 0.29) is 11.4 Å². The molecule has 0 amide bonds. The number of hydrogen-bond donors (Lipinski definition) is 0. The third kappa shape index (κ3) is 3.66. The molecule has 0 saturated heterocycles. The van der Waals surface area contributed by atoms with Crippen molar-refractivity contribution in [1.82, 2.24) is 4.31 Å². The van der Waals surface area contributed by atoms with E-state index in [2.05, 4.69) is 0 Å². The Morgan fingerprint density at radius 3 is 2.52 bits per heavy atom. The molecule has 2 rings (SSSR count). The average molecular weight is 336 g/mol. The maximum absolute atomic E-state index is 12.6. The Bertz CT molecular complexity index is 820. The van der Waals surface area contributed by atoms with Crippen molar-refractivity contribution in [1.29, 1.82) is 0 Å². The fourth-order valence-corrected chi connectivity index (χ4v) is 3.42. The molecule has 2 aromatic rings. The first-order valence-corrected chi connectivity index (χ1v) is 8.13. The van der Waals surface area contributed by atoms with Gasteiger partial charge in [0.15, 0.2) is 4.90 Å². The third-order valence-corrected chi connectivity index (χ3v) is 5.14. The second kappa shape index (κ2) is 6.76. The van der Waals surface area contributed by atoms with Crippen LogP contribution in [0.25, 0.3) is 0 Å². The second-order valence-corrected chi connectivity index (χ2v) is 6.85. The molecule has 0 atom stereocenters. The zero-order chi connectivity index (χ0) is 17.0. The summed E-state index contributed by atoms with van der Waals surface area (Å²) in [5, 5.41) is 11.0. The van der Waals surface area contributed by atoms with Crippen molar-refractivity contribution in [2.75, 3.05) is 14.2 Å². The summed E-state index contributed by atoms with van der Waals surface area (Å²) in [5.74, 6) is 0.610. The summed E-state index contributed by atoms with van der Waals surface area (Å²) >= 11 is 0. The van der Waals surface area contributed by atoms with Crippen LogP contribution in [-0.2, 0) is 16.6 Å². The molecule has 2 aromatic carbocycles. The number of sulfonamides is 1. The highest BCUT2D eigenvalue weighted by atomic mass is 32.2. The summed E-state index contributed by atoms with van der Waals surface area (Å²) in [6.07, 6.45) is 0. The molecule has 0 aromatic heterocycles. The van der Waals surface area contributed by atoms with Crippen molar-refractivity contribution >= 4 is 15.7 Å². The largest absolute Gasteiger partial charge is 0.497 e. The fourth-order valence-electron chi connectivity index (χ4n) is 2.11. The van der Waals surface area contributed by atoms with Crippen LogP contribution in [0.3, 0.4) is 0 Å². The number of nitro benzene ring substituents is 1.